The molecule has 9 aromatic carbocycles. The van der Waals surface area contributed by atoms with E-state index in [2.05, 4.69) is 105 Å². The minimum atomic E-state index is -5.60. The van der Waals surface area contributed by atoms with Crippen LogP contribution in [-0.4, -0.2) is 119 Å². The Bertz CT molecular complexity index is 6150. The minimum absolute atomic E-state index is 0.000658. The third kappa shape index (κ3) is 37.1. The van der Waals surface area contributed by atoms with Crippen LogP contribution in [0.1, 0.15) is 137 Å². The first kappa shape index (κ1) is 120. The summed E-state index contributed by atoms with van der Waals surface area (Å²) in [6.45, 7) is 1.46. The fourth-order valence-electron chi connectivity index (χ4n) is 12.3. The van der Waals surface area contributed by atoms with Crippen molar-refractivity contribution >= 4 is 206 Å². The normalized spacial score (nSPS) is 12.3. The monoisotopic (exact) mass is 2460 g/mol. The lowest BCUT2D eigenvalue weighted by Crippen LogP contribution is -2.14. The van der Waals surface area contributed by atoms with Crippen molar-refractivity contribution in [2.24, 2.45) is 7.05 Å². The molecule has 0 atom stereocenters. The van der Waals surface area contributed by atoms with Crippen LogP contribution in [0.2, 0.25) is 5.02 Å². The third-order valence-electron chi connectivity index (χ3n) is 19.5. The van der Waals surface area contributed by atoms with Gasteiger partial charge in [-0.25, -0.2) is 14.8 Å². The van der Waals surface area contributed by atoms with Gasteiger partial charge in [-0.15, -0.1) is 40.4 Å². The van der Waals surface area contributed by atoms with E-state index < -0.39 is 100 Å². The Morgan fingerprint density at radius 3 is 1.04 bits per heavy atom. The number of imidazole rings is 1. The van der Waals surface area contributed by atoms with Crippen molar-refractivity contribution in [1.29, 1.82) is 0 Å². The number of aryl methyl sites for hydroxylation is 6. The molecule has 0 aliphatic carbocycles. The van der Waals surface area contributed by atoms with Gasteiger partial charge in [0.15, 0.2) is 11.0 Å². The number of carbonyl (C=O) groups is 2. The van der Waals surface area contributed by atoms with Gasteiger partial charge in [-0.3, -0.25) is 32.7 Å². The number of nitrogens with one attached hydrogen (secondary N) is 2. The van der Waals surface area contributed by atoms with Gasteiger partial charge in [0.1, 0.15) is 0 Å². The summed E-state index contributed by atoms with van der Waals surface area (Å²) in [5.41, 5.74) is -18.7. The topological polar surface area (TPSA) is 413 Å². The van der Waals surface area contributed by atoms with Crippen LogP contribution >= 0.6 is 188 Å². The number of carboxylic acids is 1. The van der Waals surface area contributed by atoms with Gasteiger partial charge in [0.05, 0.1) is 5.56 Å². The molecule has 24 nitrogen and oxygen atoms in total. The molecule has 2 heterocycles. The summed E-state index contributed by atoms with van der Waals surface area (Å²) < 4.78 is 195. The van der Waals surface area contributed by atoms with Crippen LogP contribution in [0.5, 0.6) is 0 Å². The van der Waals surface area contributed by atoms with Crippen molar-refractivity contribution in [3.8, 4) is 11.4 Å². The lowest BCUT2D eigenvalue weighted by atomic mass is 10.1. The zero-order chi connectivity index (χ0) is 102. The van der Waals surface area contributed by atoms with Gasteiger partial charge in [-0.1, -0.05) is 218 Å². The van der Waals surface area contributed by atoms with E-state index in [-0.39, 0.29) is 33.8 Å². The van der Waals surface area contributed by atoms with Crippen LogP contribution < -0.4 is 5.32 Å². The quantitative estimate of drug-likeness (QED) is 0.00730. The van der Waals surface area contributed by atoms with Gasteiger partial charge in [0, 0.05) is 119 Å². The number of aromatic amines is 1. The maximum atomic E-state index is 13.9. The van der Waals surface area contributed by atoms with Gasteiger partial charge in [-0.05, 0) is 232 Å². The van der Waals surface area contributed by atoms with Crippen LogP contribution in [0.25, 0.3) is 11.4 Å². The lowest BCUT2D eigenvalue weighted by Gasteiger charge is -2.19. The molecule has 0 spiro atoms. The molecule has 11 rings (SSSR count). The second-order valence-electron chi connectivity index (χ2n) is 30.2. The Morgan fingerprint density at radius 2 is 0.732 bits per heavy atom. The number of aromatic carboxylic acids is 1. The van der Waals surface area contributed by atoms with Crippen LogP contribution in [-0.2, 0) is 95.1 Å². The highest BCUT2D eigenvalue weighted by atomic mass is 79.9. The second kappa shape index (κ2) is 54.8. The molecule has 50 heteroatoms. The molecule has 0 unspecified atom stereocenters. The summed E-state index contributed by atoms with van der Waals surface area (Å²) in [6.07, 6.45) is 15.7. The maximum Gasteiger partial charge on any atom is 0.399 e. The van der Waals surface area contributed by atoms with Crippen LogP contribution in [0.15, 0.2) is 254 Å². The molecule has 0 radical (unpaired) electrons. The predicted octanol–water partition coefficient (Wildman–Crippen LogP) is 27.8. The average molecular weight is 2460 g/mol. The molecular formula is C88H93Br5ClF10N6O18P5S5. The summed E-state index contributed by atoms with van der Waals surface area (Å²) in [7, 11) is -26.0. The van der Waals surface area contributed by atoms with Gasteiger partial charge < -0.3 is 63.9 Å². The number of aromatic nitrogens is 5. The number of hydrogen-bond donors (Lipinski definition) is 13. The van der Waals surface area contributed by atoms with Gasteiger partial charge >= 0.3 is 72.3 Å². The zero-order valence-corrected chi connectivity index (χ0v) is 89.9. The average Bonchev–Trinajstić information content (AvgIpc) is 1.40. The molecular weight excluding hydrogens is 2370 g/mol. The molecule has 11 aromatic rings. The maximum absolute atomic E-state index is 13.9. The number of halogens is 16. The number of H-pyrrole nitrogens is 1. The number of nitrogens with zero attached hydrogens (tertiary/aromatic N) is 4. The van der Waals surface area contributed by atoms with E-state index in [1.165, 1.54) is 85.4 Å². The summed E-state index contributed by atoms with van der Waals surface area (Å²) in [4.78, 5) is 122. The molecule has 0 saturated carbocycles. The fourth-order valence-corrected chi connectivity index (χ4v) is 23.8. The molecule has 0 aliphatic heterocycles. The Morgan fingerprint density at radius 1 is 0.406 bits per heavy atom. The molecule has 750 valence electrons. The van der Waals surface area contributed by atoms with E-state index in [1.807, 2.05) is 103 Å². The highest BCUT2D eigenvalue weighted by molar-refractivity contribution is 9.11. The van der Waals surface area contributed by atoms with Crippen molar-refractivity contribution < 1.29 is 130 Å². The number of amides is 1. The molecule has 13 N–H and O–H groups in total. The van der Waals surface area contributed by atoms with Crippen LogP contribution in [0.4, 0.5) is 49.6 Å². The fraction of sp³-hybridized carbons (Fsp3) is 0.307. The van der Waals surface area contributed by atoms with E-state index >= 15 is 0 Å². The summed E-state index contributed by atoms with van der Waals surface area (Å²) in [5.74, 6) is 3.91. The van der Waals surface area contributed by atoms with Crippen molar-refractivity contribution in [1.82, 2.24) is 24.7 Å². The highest BCUT2D eigenvalue weighted by Crippen LogP contribution is 2.65. The van der Waals surface area contributed by atoms with Crippen molar-refractivity contribution in [2.45, 2.75) is 157 Å². The number of carboxylic acid groups (broad SMARTS) is 1. The zero-order valence-electron chi connectivity index (χ0n) is 72.7. The lowest BCUT2D eigenvalue weighted by molar-refractivity contribution is -0.114. The summed E-state index contributed by atoms with van der Waals surface area (Å²) >= 11 is 29.0. The van der Waals surface area contributed by atoms with E-state index in [9.17, 15) is 76.3 Å². The Hall–Kier alpha value is -5.24. The van der Waals surface area contributed by atoms with Crippen LogP contribution in [0, 0.1) is 0 Å². The van der Waals surface area contributed by atoms with Crippen molar-refractivity contribution in [3.05, 3.63) is 295 Å². The third-order valence-corrected chi connectivity index (χ3v) is 33.2. The Labute approximate surface area is 857 Å². The van der Waals surface area contributed by atoms with E-state index in [0.717, 1.165) is 188 Å². The van der Waals surface area contributed by atoms with E-state index in [0.29, 0.717) is 42.3 Å². The smallest absolute Gasteiger partial charge is 0.399 e. The summed E-state index contributed by atoms with van der Waals surface area (Å²) in [5, 5.41) is 21.1. The molecule has 2 aromatic heterocycles. The molecule has 0 fully saturated rings. The minimum Gasteiger partial charge on any atom is -0.478 e. The first-order chi connectivity index (χ1) is 64.4. The largest absolute Gasteiger partial charge is 0.478 e. The molecule has 0 aliphatic rings. The first-order valence-electron chi connectivity index (χ1n) is 41.1. The molecule has 1 amide bonds. The van der Waals surface area contributed by atoms with Gasteiger partial charge in [0.25, 0.3) is 0 Å². The SMILES string of the molecule is CC(=O)Nc1ccc(SCCCCc2ccc(C(F)(F)P(=O)(O)O)c(Br)c2)cc1.Cn1ccnc1SCCCCc1ccc(C(F)(F)P(=O)(O)O)c(Br)c1.O=C(O)c1cccc(SCCCCc2ccc(C(F)(F)P(=O)(O)O)c(Br)c2)c1.O=P(O)(O)C(F)(F)c1ccc(CCCCSc2cccc(Cl)c2)cc1Br.O=P(O)(O)C(F)(F)c1ccc(CCCCSc2n[nH]c(-c3ccccc3)n2)cc1Br. The highest BCUT2D eigenvalue weighted by Gasteiger charge is 2.55. The molecule has 0 bridgehead atoms. The van der Waals surface area contributed by atoms with E-state index in [1.54, 1.807) is 65.4 Å². The van der Waals surface area contributed by atoms with Gasteiger partial charge in [-0.2, -0.15) is 43.9 Å². The number of benzene rings is 9. The predicted molar refractivity (Wildman–Crippen MR) is 539 cm³/mol. The van der Waals surface area contributed by atoms with Crippen molar-refractivity contribution in [2.75, 3.05) is 34.1 Å². The number of thioether (sulfide) groups is 5. The number of rotatable bonds is 43. The van der Waals surface area contributed by atoms with Gasteiger partial charge in [0.2, 0.25) is 11.1 Å². The van der Waals surface area contributed by atoms with Crippen LogP contribution in [0.3, 0.4) is 0 Å². The number of alkyl halides is 10. The molecule has 0 saturated heterocycles. The Balaban J connectivity index is 0.000000235. The number of carbonyl (C=O) groups excluding carboxylic acids is 1. The summed E-state index contributed by atoms with van der Waals surface area (Å²) in [6, 6.07) is 51.6. The molecule has 138 heavy (non-hydrogen) atoms. The number of hydrogen-bond acceptors (Lipinski definition) is 15. The first-order valence-corrected chi connectivity index (χ1v) is 58.5. The number of unbranched alkanes of at least 4 members (excludes halogenated alkanes) is 5. The second-order valence-corrected chi connectivity index (χ2v) is 48.8. The number of anilines is 1. The van der Waals surface area contributed by atoms with Crippen molar-refractivity contribution in [3.63, 3.8) is 0 Å². The van der Waals surface area contributed by atoms with E-state index in [4.69, 9.17) is 65.6 Å². The Kier molecular flexibility index (Phi) is 47.5. The standard InChI is InChI=1S/C19H19BrF2N3O3PS.C19H21BrF2NO4PS.C18H18BrF2O5PS.C17H17BrClF2O3PS.C15H18BrF2N2O3PS/c20-16-12-13(9-10-15(16)19(21,22)29(26,27)28)6-4-5-11-30-18-23-17(24-25-18)14-7-2-1-3-8-14;1-13(24)23-15-6-8-16(9-7-15)29-11-3-2-4-14-5-10-17(18(20)12-14)19(21,22)28(25,26)27;19-16-10-12(7-8-15(16)18(20,21)27(24,25)26)4-1-2-9-28-14-6-3-5-13(11-14)17(22)23;18-16-10-12(7-8-15(16)17(20,21)25(22,23)24)4-1-2-9-26-14-6-3-5-13(19)11-14;1-20-8-7-19-14(20)25-9-3-2-4-11-5-6-12(13(16)10-11)15(17,18)24(21,22)23/h1-3,7-10,12H,4-6,11H2,(H,23,24,25)(H2,26,27,28);5-10,12H,2-4,11H2,1H3,(H,23,24)(H2,25,26,27);3,5-8,10-11H,1-2,4,9H2,(H,22,23)(H2,24,25,26);3,5-8,10-11H,1-2,4,9H2,(H2,22,23,24);5-8,10H,2-4,9H2,1H3,(H2,21,22,23).